The van der Waals surface area contributed by atoms with Gasteiger partial charge in [-0.3, -0.25) is 14.9 Å². The average molecular weight is 1130 g/mol. The molecule has 8 saturated carbocycles. The van der Waals surface area contributed by atoms with Gasteiger partial charge in [-0.2, -0.15) is 0 Å². The van der Waals surface area contributed by atoms with E-state index in [0.717, 1.165) is 116 Å². The highest BCUT2D eigenvalue weighted by atomic mass is 16.7. The third-order valence-electron chi connectivity index (χ3n) is 28.5. The van der Waals surface area contributed by atoms with Crippen molar-refractivity contribution in [1.82, 2.24) is 10.2 Å². The Morgan fingerprint density at radius 2 is 1.78 bits per heavy atom. The lowest BCUT2D eigenvalue weighted by molar-refractivity contribution is -0.315. The SMILES string of the molecule is C[C@]12C[C@@H]3C[C@@]45CCC[C@@H]4CC4=CC[C@]6(C7CCCCC7)O[C@]47[C@@H]5C(=O)OC[C@]74[C@@H]3[C@]3([C@H](O)C(=O)[C@@H]46)[C@@H]4C[C@H](Cc5ccccc5)CC[C@H]4C#CC[C@@]1(c1ccoc1C[C@@H]([C@@H]1CC[C@H]4[C@H](C=CN5CNC[C@H]45)C1)[C@H](O)CO)OC(=O)[C@H]1O[C@@]132. The van der Waals surface area contributed by atoms with Gasteiger partial charge in [0.05, 0.1) is 54.9 Å². The van der Waals surface area contributed by atoms with Crippen LogP contribution < -0.4 is 5.32 Å². The summed E-state index contributed by atoms with van der Waals surface area (Å²) in [7, 11) is 0. The highest BCUT2D eigenvalue weighted by Gasteiger charge is 3.00. The number of allylic oxidation sites excluding steroid dienone is 1. The summed E-state index contributed by atoms with van der Waals surface area (Å²) in [5.41, 5.74) is -5.84. The van der Waals surface area contributed by atoms with Gasteiger partial charge in [0.25, 0.3) is 0 Å². The molecule has 9 bridgehead atoms. The van der Waals surface area contributed by atoms with Crippen LogP contribution in [0.5, 0.6) is 0 Å². The maximum absolute atomic E-state index is 17.5. The smallest absolute Gasteiger partial charge is 0.339 e. The number of esters is 2. The van der Waals surface area contributed by atoms with Gasteiger partial charge in [0, 0.05) is 41.3 Å². The number of nitrogens with one attached hydrogen (secondary N) is 1. The van der Waals surface area contributed by atoms with Crippen LogP contribution in [0.25, 0.3) is 0 Å². The number of furan rings is 1. The molecule has 4 N–H and O–H groups in total. The van der Waals surface area contributed by atoms with Crippen molar-refractivity contribution in [2.75, 3.05) is 26.4 Å². The van der Waals surface area contributed by atoms with Gasteiger partial charge in [0.1, 0.15) is 29.7 Å². The number of ketones is 1. The first kappa shape index (κ1) is 51.9. The second-order valence-electron chi connectivity index (χ2n) is 30.7. The van der Waals surface area contributed by atoms with Crippen LogP contribution in [-0.4, -0.2) is 106 Å². The maximum Gasteiger partial charge on any atom is 0.339 e. The number of Topliss-reactive ketones (excluding diaryl/α,β-unsaturated/α-hetero) is 1. The lowest BCUT2D eigenvalue weighted by atomic mass is 9.28. The first-order valence-electron chi connectivity index (χ1n) is 33.1. The van der Waals surface area contributed by atoms with Crippen LogP contribution in [0.15, 0.2) is 71.0 Å². The van der Waals surface area contributed by atoms with E-state index in [9.17, 15) is 15.3 Å². The molecular weight excluding hydrogens is 1040 g/mol. The van der Waals surface area contributed by atoms with E-state index in [1.54, 1.807) is 6.26 Å². The van der Waals surface area contributed by atoms with Crippen LogP contribution >= 0.6 is 0 Å². The van der Waals surface area contributed by atoms with Crippen LogP contribution in [0.3, 0.4) is 0 Å². The minimum atomic E-state index is -1.54. The van der Waals surface area contributed by atoms with E-state index in [2.05, 4.69) is 77.7 Å². The Kier molecular flexibility index (Phi) is 10.9. The molecule has 440 valence electrons. The molecule has 83 heavy (non-hydrogen) atoms. The van der Waals surface area contributed by atoms with Crippen LogP contribution in [-0.2, 0) is 51.8 Å². The van der Waals surface area contributed by atoms with Crippen molar-refractivity contribution in [1.29, 1.82) is 0 Å². The Bertz CT molecular complexity index is 3210. The molecular formula is C70H84N2O11. The molecule has 5 spiro atoms. The number of ether oxygens (including phenoxy) is 4. The summed E-state index contributed by atoms with van der Waals surface area (Å²) < 4.78 is 37.3. The summed E-state index contributed by atoms with van der Waals surface area (Å²) in [6, 6.07) is 13.2. The Balaban J connectivity index is 0.860. The zero-order valence-electron chi connectivity index (χ0n) is 48.3. The first-order valence-corrected chi connectivity index (χ1v) is 33.1. The van der Waals surface area contributed by atoms with Crippen molar-refractivity contribution in [3.8, 4) is 11.8 Å². The zero-order valence-corrected chi connectivity index (χ0v) is 48.3. The topological polar surface area (TPSA) is 181 Å². The fraction of sp³-hybridized carbons (Fsp3) is 0.729. The molecule has 16 aliphatic rings. The van der Waals surface area contributed by atoms with Gasteiger partial charge in [-0.05, 0) is 184 Å². The van der Waals surface area contributed by atoms with Crippen molar-refractivity contribution < 1.29 is 53.1 Å². The summed E-state index contributed by atoms with van der Waals surface area (Å²) >= 11 is 0. The quantitative estimate of drug-likeness (QED) is 0.0814. The maximum atomic E-state index is 17.5. The van der Waals surface area contributed by atoms with Crippen molar-refractivity contribution in [3.63, 3.8) is 0 Å². The van der Waals surface area contributed by atoms with Crippen LogP contribution in [0.1, 0.15) is 146 Å². The Labute approximate surface area is 487 Å². The van der Waals surface area contributed by atoms with E-state index in [-0.39, 0.29) is 72.1 Å². The molecule has 5 saturated heterocycles. The second-order valence-corrected chi connectivity index (χ2v) is 30.7. The highest BCUT2D eigenvalue weighted by Crippen LogP contribution is 2.91. The van der Waals surface area contributed by atoms with Gasteiger partial charge in [-0.25, -0.2) is 4.79 Å². The molecule has 1 aromatic carbocycles. The van der Waals surface area contributed by atoms with Crippen molar-refractivity contribution in [3.05, 3.63) is 83.5 Å². The highest BCUT2D eigenvalue weighted by molar-refractivity contribution is 5.94. The largest absolute Gasteiger partial charge is 0.469 e. The van der Waals surface area contributed by atoms with Gasteiger partial charge < -0.3 is 43.6 Å². The van der Waals surface area contributed by atoms with Gasteiger partial charge in [-0.1, -0.05) is 86.9 Å². The number of nitrogens with zero attached hydrogens (tertiary/aromatic N) is 1. The van der Waals surface area contributed by atoms with E-state index in [0.29, 0.717) is 54.9 Å². The van der Waals surface area contributed by atoms with Crippen molar-refractivity contribution in [2.45, 2.75) is 189 Å². The minimum Gasteiger partial charge on any atom is -0.469 e. The van der Waals surface area contributed by atoms with Crippen LogP contribution in [0, 0.1) is 110 Å². The van der Waals surface area contributed by atoms with E-state index >= 15 is 14.4 Å². The fourth-order valence-corrected chi connectivity index (χ4v) is 26.1. The van der Waals surface area contributed by atoms with Crippen LogP contribution in [0.2, 0.25) is 0 Å². The molecule has 13 nitrogen and oxygen atoms in total. The number of rotatable bonds is 9. The third kappa shape index (κ3) is 5.99. The fourth-order valence-electron chi connectivity index (χ4n) is 26.1. The number of carbonyl (C=O) groups excluding carboxylic acids is 3. The van der Waals surface area contributed by atoms with Gasteiger partial charge in [0.15, 0.2) is 17.5 Å². The lowest BCUT2D eigenvalue weighted by Gasteiger charge is -2.74. The predicted octanol–water partition coefficient (Wildman–Crippen LogP) is 8.51. The molecule has 0 amide bonds. The number of carbonyl (C=O) groups is 3. The molecule has 7 aliphatic heterocycles. The predicted molar refractivity (Wildman–Crippen MR) is 302 cm³/mol. The third-order valence-corrected chi connectivity index (χ3v) is 28.5. The average Bonchev–Trinajstić information content (AvgIpc) is 1.45. The molecule has 13 heteroatoms. The number of benzene rings is 1. The van der Waals surface area contributed by atoms with Crippen LogP contribution in [0.4, 0.5) is 0 Å². The zero-order chi connectivity index (χ0) is 55.8. The normalized spacial score (nSPS) is 51.3. The molecule has 9 aliphatic carbocycles. The number of hydrogen-bond acceptors (Lipinski definition) is 13. The molecule has 18 rings (SSSR count). The summed E-state index contributed by atoms with van der Waals surface area (Å²) in [6.07, 6.45) is 22.3. The number of aliphatic hydroxyl groups is 3. The number of cyclic esters (lactones) is 1. The van der Waals surface area contributed by atoms with Gasteiger partial charge >= 0.3 is 11.9 Å². The number of fused-ring (bicyclic) bond motifs is 6. The van der Waals surface area contributed by atoms with E-state index < -0.39 is 92.7 Å². The Hall–Kier alpha value is -4.29. The number of aliphatic hydroxyl groups excluding tert-OH is 3. The summed E-state index contributed by atoms with van der Waals surface area (Å²) in [4.78, 5) is 51.7. The van der Waals surface area contributed by atoms with Crippen molar-refractivity contribution in [2.24, 2.45) is 98.6 Å². The van der Waals surface area contributed by atoms with E-state index in [1.807, 2.05) is 6.07 Å². The molecule has 1 aromatic heterocycles. The molecule has 0 unspecified atom stereocenters. The van der Waals surface area contributed by atoms with Crippen molar-refractivity contribution >= 4 is 17.7 Å². The molecule has 13 fully saturated rings. The minimum absolute atomic E-state index is 0.0410. The second kappa shape index (κ2) is 17.5. The van der Waals surface area contributed by atoms with E-state index in [1.165, 1.54) is 11.1 Å². The molecule has 0 radical (unpaired) electrons. The van der Waals surface area contributed by atoms with Gasteiger partial charge in [-0.15, -0.1) is 0 Å². The van der Waals surface area contributed by atoms with Gasteiger partial charge in [0.2, 0.25) is 0 Å². The summed E-state index contributed by atoms with van der Waals surface area (Å²) in [6.45, 7) is 3.77. The standard InChI is InChI=1S/C70H84N2O11/c1-63-33-44-34-64-23-9-15-46(64)31-47-20-25-66(45-13-6-3-7-14-45)57-55(75)59(76)68(56(44)65(57)37-80-61(77)58(64)69(47,65)83-66)51-29-40(28-39-10-4-2-5-11-39)16-17-41(51)12-8-24-67(63,82-62(78)60-70(63,68)81-60)50-22-27-79-54(50)32-49(53(74)36-73)42-18-19-48-43(30-42)21-26-72-38-71-35-52(48)72/h2,4-5,10-11,20-22,26-27,40-46,48-49,51-53,56-60,71,73-74,76H,3,6-7,9,13-19,23-25,28-38H2,1H3/t40-,41+,42+,43+,44+,46+,48-,49-,51+,52+,53+,56+,57-,58+,59+,60+,63-,64-,65+,66+,67-,68-,69-,70+/m0/s1. The van der Waals surface area contributed by atoms with E-state index in [4.69, 9.17) is 23.4 Å². The molecule has 8 heterocycles. The lowest BCUT2D eigenvalue weighted by Crippen LogP contribution is -2.84. The first-order chi connectivity index (χ1) is 40.4. The Morgan fingerprint density at radius 3 is 2.64 bits per heavy atom. The Morgan fingerprint density at radius 1 is 0.928 bits per heavy atom. The summed E-state index contributed by atoms with van der Waals surface area (Å²) in [5.74, 6) is 5.99. The monoisotopic (exact) mass is 1130 g/mol. The summed E-state index contributed by atoms with van der Waals surface area (Å²) in [5, 5.41) is 41.5. The molecule has 24 atom stereocenters. The molecule has 2 aromatic rings. The number of hydrogen-bond donors (Lipinski definition) is 4. The number of epoxide rings is 1.